The molecule has 180 valence electrons. The van der Waals surface area contributed by atoms with Gasteiger partial charge >= 0.3 is 0 Å². The van der Waals surface area contributed by atoms with Crippen molar-refractivity contribution in [2.24, 2.45) is 0 Å². The number of ether oxygens (including phenoxy) is 2. The molecule has 7 rings (SSSR count). The van der Waals surface area contributed by atoms with Crippen molar-refractivity contribution in [1.29, 1.82) is 0 Å². The van der Waals surface area contributed by atoms with Gasteiger partial charge in [0.05, 0.1) is 6.04 Å². The van der Waals surface area contributed by atoms with Crippen LogP contribution in [0.1, 0.15) is 28.4 Å². The lowest BCUT2D eigenvalue weighted by molar-refractivity contribution is -0.159. The van der Waals surface area contributed by atoms with Crippen molar-refractivity contribution in [3.8, 4) is 11.5 Å². The predicted molar refractivity (Wildman–Crippen MR) is 134 cm³/mol. The molecule has 3 aliphatic heterocycles. The highest BCUT2D eigenvalue weighted by molar-refractivity contribution is 6.30. The molecular weight excluding hydrogens is 478 g/mol. The molecule has 3 aliphatic rings. The Morgan fingerprint density at radius 2 is 1.83 bits per heavy atom. The molecule has 8 heteroatoms. The van der Waals surface area contributed by atoms with Crippen LogP contribution in [0.5, 0.6) is 11.5 Å². The topological polar surface area (TPSA) is 74.9 Å². The van der Waals surface area contributed by atoms with E-state index in [-0.39, 0.29) is 25.2 Å². The minimum absolute atomic E-state index is 0.0103. The number of aromatic nitrogens is 1. The molecule has 1 saturated heterocycles. The minimum Gasteiger partial charge on any atom is -0.454 e. The zero-order chi connectivity index (χ0) is 24.4. The molecule has 4 heterocycles. The van der Waals surface area contributed by atoms with Gasteiger partial charge < -0.3 is 24.3 Å². The van der Waals surface area contributed by atoms with Crippen LogP contribution in [-0.2, 0) is 22.6 Å². The van der Waals surface area contributed by atoms with E-state index in [2.05, 4.69) is 11.1 Å². The molecule has 1 aromatic heterocycles. The SMILES string of the molecule is O=C1C2Cc3c([nH]c4ccccc34)C(c3cccc(Cl)c3)N2C(=O)CN1Cc1ccc2c(c1)OCO2. The molecule has 0 saturated carbocycles. The zero-order valence-electron chi connectivity index (χ0n) is 19.2. The fourth-order valence-corrected chi connectivity index (χ4v) is 5.94. The van der Waals surface area contributed by atoms with Gasteiger partial charge in [0, 0.05) is 34.6 Å². The van der Waals surface area contributed by atoms with Crippen molar-refractivity contribution in [1.82, 2.24) is 14.8 Å². The normalized spacial score (nSPS) is 20.6. The number of hydrogen-bond donors (Lipinski definition) is 1. The third-order valence-electron chi connectivity index (χ3n) is 7.32. The molecule has 2 unspecified atom stereocenters. The predicted octanol–water partition coefficient (Wildman–Crippen LogP) is 4.44. The molecule has 1 N–H and O–H groups in total. The number of halogens is 1. The number of amides is 2. The Balaban J connectivity index is 1.30. The summed E-state index contributed by atoms with van der Waals surface area (Å²) >= 11 is 6.36. The Hall–Kier alpha value is -3.97. The average molecular weight is 500 g/mol. The lowest BCUT2D eigenvalue weighted by Gasteiger charge is -2.47. The van der Waals surface area contributed by atoms with Crippen molar-refractivity contribution in [3.05, 3.63) is 94.1 Å². The van der Waals surface area contributed by atoms with Crippen LogP contribution >= 0.6 is 11.6 Å². The third-order valence-corrected chi connectivity index (χ3v) is 7.55. The highest BCUT2D eigenvalue weighted by Gasteiger charge is 2.48. The molecule has 2 atom stereocenters. The molecule has 4 aromatic rings. The van der Waals surface area contributed by atoms with E-state index in [1.165, 1.54) is 0 Å². The summed E-state index contributed by atoms with van der Waals surface area (Å²) in [6.07, 6.45) is 0.457. The van der Waals surface area contributed by atoms with Crippen LogP contribution in [0.15, 0.2) is 66.7 Å². The summed E-state index contributed by atoms with van der Waals surface area (Å²) in [5, 5.41) is 1.67. The average Bonchev–Trinajstić information content (AvgIpc) is 3.50. The van der Waals surface area contributed by atoms with Crippen LogP contribution in [0.3, 0.4) is 0 Å². The fourth-order valence-electron chi connectivity index (χ4n) is 5.74. The van der Waals surface area contributed by atoms with Crippen LogP contribution in [0.25, 0.3) is 10.9 Å². The van der Waals surface area contributed by atoms with Crippen LogP contribution in [0.2, 0.25) is 5.02 Å². The maximum Gasteiger partial charge on any atom is 0.246 e. The van der Waals surface area contributed by atoms with Crippen LogP contribution < -0.4 is 9.47 Å². The number of nitrogens with zero attached hydrogens (tertiary/aromatic N) is 2. The number of aromatic amines is 1. The Kier molecular flexibility index (Phi) is 4.76. The third kappa shape index (κ3) is 3.27. The quantitative estimate of drug-likeness (QED) is 0.452. The van der Waals surface area contributed by atoms with Crippen molar-refractivity contribution >= 4 is 34.3 Å². The molecule has 7 nitrogen and oxygen atoms in total. The highest BCUT2D eigenvalue weighted by atomic mass is 35.5. The Morgan fingerprint density at radius 1 is 0.972 bits per heavy atom. The van der Waals surface area contributed by atoms with Gasteiger partial charge in [0.2, 0.25) is 18.6 Å². The maximum atomic E-state index is 13.9. The second-order valence-corrected chi connectivity index (χ2v) is 9.86. The van der Waals surface area contributed by atoms with Gasteiger partial charge in [0.25, 0.3) is 0 Å². The number of carbonyl (C=O) groups is 2. The summed E-state index contributed by atoms with van der Waals surface area (Å²) in [5.41, 5.74) is 4.78. The standard InChI is InChI=1S/C28H22ClN3O4/c29-18-5-3-4-17(11-18)27-26-20(19-6-1-2-7-21(19)30-26)12-22-28(34)31(14-25(33)32(22)27)13-16-8-9-23-24(10-16)36-15-35-23/h1-11,22,27,30H,12-15H2. The molecule has 0 bridgehead atoms. The first-order chi connectivity index (χ1) is 17.6. The second kappa shape index (κ2) is 8.03. The summed E-state index contributed by atoms with van der Waals surface area (Å²) in [7, 11) is 0. The van der Waals surface area contributed by atoms with E-state index in [1.807, 2.05) is 60.7 Å². The minimum atomic E-state index is -0.601. The van der Waals surface area contributed by atoms with E-state index in [0.717, 1.165) is 33.3 Å². The monoisotopic (exact) mass is 499 g/mol. The first-order valence-corrected chi connectivity index (χ1v) is 12.3. The Labute approximate surface area is 212 Å². The van der Waals surface area contributed by atoms with E-state index in [4.69, 9.17) is 21.1 Å². The molecule has 0 aliphatic carbocycles. The number of nitrogens with one attached hydrogen (secondary N) is 1. The maximum absolute atomic E-state index is 13.9. The molecule has 2 amide bonds. The van der Waals surface area contributed by atoms with Gasteiger partial charge in [-0.1, -0.05) is 48.0 Å². The zero-order valence-corrected chi connectivity index (χ0v) is 20.0. The van der Waals surface area contributed by atoms with Crippen molar-refractivity contribution < 1.29 is 19.1 Å². The first-order valence-electron chi connectivity index (χ1n) is 11.9. The molecule has 3 aromatic carbocycles. The number of hydrogen-bond acceptors (Lipinski definition) is 4. The lowest BCUT2D eigenvalue weighted by Crippen LogP contribution is -2.62. The number of fused-ring (bicyclic) bond motifs is 5. The number of piperazine rings is 1. The Morgan fingerprint density at radius 3 is 2.72 bits per heavy atom. The highest BCUT2D eigenvalue weighted by Crippen LogP contribution is 2.43. The van der Waals surface area contributed by atoms with Crippen LogP contribution in [0, 0.1) is 0 Å². The number of para-hydroxylation sites is 1. The lowest BCUT2D eigenvalue weighted by atomic mass is 9.86. The summed E-state index contributed by atoms with van der Waals surface area (Å²) in [4.78, 5) is 34.5. The summed E-state index contributed by atoms with van der Waals surface area (Å²) in [6, 6.07) is 20.2. The summed E-state index contributed by atoms with van der Waals surface area (Å²) in [5.74, 6) is 1.20. The van der Waals surface area contributed by atoms with Gasteiger partial charge in [-0.3, -0.25) is 9.59 Å². The van der Waals surface area contributed by atoms with E-state index < -0.39 is 12.1 Å². The summed E-state index contributed by atoms with van der Waals surface area (Å²) < 4.78 is 10.9. The van der Waals surface area contributed by atoms with Gasteiger partial charge in [0.15, 0.2) is 11.5 Å². The van der Waals surface area contributed by atoms with E-state index in [1.54, 1.807) is 9.80 Å². The summed E-state index contributed by atoms with van der Waals surface area (Å²) in [6.45, 7) is 0.527. The van der Waals surface area contributed by atoms with Gasteiger partial charge in [0.1, 0.15) is 12.6 Å². The first kappa shape index (κ1) is 21.3. The van der Waals surface area contributed by atoms with E-state index in [9.17, 15) is 9.59 Å². The second-order valence-electron chi connectivity index (χ2n) is 9.42. The van der Waals surface area contributed by atoms with E-state index >= 15 is 0 Å². The van der Waals surface area contributed by atoms with Gasteiger partial charge in [-0.25, -0.2) is 0 Å². The van der Waals surface area contributed by atoms with Crippen molar-refractivity contribution in [3.63, 3.8) is 0 Å². The fraction of sp³-hybridized carbons (Fsp3) is 0.214. The van der Waals surface area contributed by atoms with Gasteiger partial charge in [-0.05, 0) is 47.0 Å². The molecular formula is C28H22ClN3O4. The van der Waals surface area contributed by atoms with Crippen molar-refractivity contribution in [2.45, 2.75) is 25.0 Å². The smallest absolute Gasteiger partial charge is 0.246 e. The number of carbonyl (C=O) groups excluding carboxylic acids is 2. The van der Waals surface area contributed by atoms with Crippen LogP contribution in [-0.4, -0.2) is 46.0 Å². The van der Waals surface area contributed by atoms with Gasteiger partial charge in [-0.2, -0.15) is 0 Å². The number of H-pyrrole nitrogens is 1. The molecule has 0 radical (unpaired) electrons. The molecule has 1 fully saturated rings. The van der Waals surface area contributed by atoms with Crippen molar-refractivity contribution in [2.75, 3.05) is 13.3 Å². The number of benzene rings is 3. The molecule has 0 spiro atoms. The van der Waals surface area contributed by atoms with E-state index in [0.29, 0.717) is 29.5 Å². The van der Waals surface area contributed by atoms with Crippen LogP contribution in [0.4, 0.5) is 0 Å². The Bertz CT molecular complexity index is 1550. The molecule has 36 heavy (non-hydrogen) atoms. The van der Waals surface area contributed by atoms with Gasteiger partial charge in [-0.15, -0.1) is 0 Å². The number of rotatable bonds is 3. The largest absolute Gasteiger partial charge is 0.454 e.